The Morgan fingerprint density at radius 3 is 2.42 bits per heavy atom. The monoisotopic (exact) mass is 270 g/mol. The average Bonchev–Trinajstić information content (AvgIpc) is 2.35. The van der Waals surface area contributed by atoms with Crippen LogP contribution < -0.4 is 4.74 Å². The Hall–Kier alpha value is -2.31. The fourth-order valence-electron chi connectivity index (χ4n) is 1.35. The highest BCUT2D eigenvalue weighted by atomic mass is 19.4. The van der Waals surface area contributed by atoms with Crippen molar-refractivity contribution in [2.45, 2.75) is 13.1 Å². The Labute approximate surface area is 106 Å². The predicted molar refractivity (Wildman–Crippen MR) is 60.0 cm³/mol. The first-order valence-corrected chi connectivity index (χ1v) is 5.25. The molecule has 7 heteroatoms. The van der Waals surface area contributed by atoms with Gasteiger partial charge in [-0.2, -0.15) is 13.2 Å². The van der Waals surface area contributed by atoms with Crippen LogP contribution >= 0.6 is 0 Å². The van der Waals surface area contributed by atoms with Crippen molar-refractivity contribution in [1.82, 2.24) is 10.2 Å². The fourth-order valence-corrected chi connectivity index (χ4v) is 1.35. The Balaban J connectivity index is 2.23. The predicted octanol–water partition coefficient (Wildman–Crippen LogP) is 3.30. The van der Waals surface area contributed by atoms with Crippen LogP contribution in [0.2, 0.25) is 0 Å². The van der Waals surface area contributed by atoms with Crippen LogP contribution in [0.5, 0.6) is 17.4 Å². The summed E-state index contributed by atoms with van der Waals surface area (Å²) in [7, 11) is 0. The number of aromatic nitrogens is 2. The molecular weight excluding hydrogens is 261 g/mol. The van der Waals surface area contributed by atoms with E-state index in [1.54, 1.807) is 19.1 Å². The van der Waals surface area contributed by atoms with E-state index in [9.17, 15) is 18.3 Å². The summed E-state index contributed by atoms with van der Waals surface area (Å²) >= 11 is 0. The lowest BCUT2D eigenvalue weighted by molar-refractivity contribution is -0.141. The Morgan fingerprint density at radius 2 is 1.84 bits per heavy atom. The van der Waals surface area contributed by atoms with Crippen molar-refractivity contribution in [2.24, 2.45) is 0 Å². The highest BCUT2D eigenvalue weighted by Crippen LogP contribution is 2.31. The summed E-state index contributed by atoms with van der Waals surface area (Å²) < 4.78 is 42.1. The highest BCUT2D eigenvalue weighted by Gasteiger charge is 2.33. The number of benzene rings is 1. The number of hydrogen-bond donors (Lipinski definition) is 1. The molecule has 0 aliphatic heterocycles. The first-order valence-electron chi connectivity index (χ1n) is 5.25. The standard InChI is InChI=1S/C12H9F3N2O2/c1-7-8(18)3-2-4-9(7)19-11-6-5-10(16-17-11)12(13,14)15/h2-6,18H,1H3. The van der Waals surface area contributed by atoms with E-state index in [0.29, 0.717) is 11.3 Å². The number of alkyl halides is 3. The summed E-state index contributed by atoms with van der Waals surface area (Å²) in [6, 6.07) is 6.43. The molecule has 0 radical (unpaired) electrons. The number of ether oxygens (including phenoxy) is 1. The van der Waals surface area contributed by atoms with Gasteiger partial charge in [-0.05, 0) is 25.1 Å². The second-order valence-corrected chi connectivity index (χ2v) is 3.76. The summed E-state index contributed by atoms with van der Waals surface area (Å²) in [4.78, 5) is 0. The van der Waals surface area contributed by atoms with Crippen LogP contribution in [0.25, 0.3) is 0 Å². The van der Waals surface area contributed by atoms with Gasteiger partial charge in [0.05, 0.1) is 0 Å². The van der Waals surface area contributed by atoms with Gasteiger partial charge in [0, 0.05) is 11.6 Å². The van der Waals surface area contributed by atoms with Gasteiger partial charge in [0.25, 0.3) is 0 Å². The SMILES string of the molecule is Cc1c(O)cccc1Oc1ccc(C(F)(F)F)nn1. The molecule has 100 valence electrons. The minimum atomic E-state index is -4.54. The molecule has 0 atom stereocenters. The van der Waals surface area contributed by atoms with Crippen molar-refractivity contribution in [1.29, 1.82) is 0 Å². The number of rotatable bonds is 2. The summed E-state index contributed by atoms with van der Waals surface area (Å²) in [6.45, 7) is 1.61. The van der Waals surface area contributed by atoms with Gasteiger partial charge in [0.1, 0.15) is 11.5 Å². The number of hydrogen-bond acceptors (Lipinski definition) is 4. The lowest BCUT2D eigenvalue weighted by Crippen LogP contribution is -2.08. The molecule has 1 aromatic heterocycles. The van der Waals surface area contributed by atoms with Crippen molar-refractivity contribution in [3.8, 4) is 17.4 Å². The lowest BCUT2D eigenvalue weighted by atomic mass is 10.2. The second-order valence-electron chi connectivity index (χ2n) is 3.76. The Bertz CT molecular complexity index is 583. The minimum absolute atomic E-state index is 0.0253. The largest absolute Gasteiger partial charge is 0.508 e. The molecule has 0 bridgehead atoms. The maximum absolute atomic E-state index is 12.3. The zero-order valence-electron chi connectivity index (χ0n) is 9.77. The van der Waals surface area contributed by atoms with Gasteiger partial charge in [0.2, 0.25) is 5.88 Å². The molecule has 0 fully saturated rings. The van der Waals surface area contributed by atoms with Crippen LogP contribution in [-0.4, -0.2) is 15.3 Å². The maximum Gasteiger partial charge on any atom is 0.435 e. The third-order valence-electron chi connectivity index (χ3n) is 2.40. The number of phenolic OH excluding ortho intramolecular Hbond substituents is 1. The molecule has 0 saturated heterocycles. The van der Waals surface area contributed by atoms with Gasteiger partial charge < -0.3 is 9.84 Å². The molecule has 2 aromatic rings. The molecule has 0 aliphatic rings. The fraction of sp³-hybridized carbons (Fsp3) is 0.167. The third-order valence-corrected chi connectivity index (χ3v) is 2.40. The van der Waals surface area contributed by atoms with Gasteiger partial charge in [-0.1, -0.05) is 6.07 Å². The van der Waals surface area contributed by atoms with E-state index in [2.05, 4.69) is 10.2 Å². The molecule has 0 spiro atoms. The minimum Gasteiger partial charge on any atom is -0.508 e. The van der Waals surface area contributed by atoms with Gasteiger partial charge in [0.15, 0.2) is 5.69 Å². The first kappa shape index (κ1) is 13.1. The zero-order valence-corrected chi connectivity index (χ0v) is 9.77. The summed E-state index contributed by atoms with van der Waals surface area (Å²) in [6.07, 6.45) is -4.54. The zero-order chi connectivity index (χ0) is 14.0. The van der Waals surface area contributed by atoms with E-state index in [4.69, 9.17) is 4.74 Å². The van der Waals surface area contributed by atoms with Gasteiger partial charge in [-0.25, -0.2) is 0 Å². The third kappa shape index (κ3) is 2.93. The van der Waals surface area contributed by atoms with Crippen molar-refractivity contribution >= 4 is 0 Å². The van der Waals surface area contributed by atoms with E-state index in [-0.39, 0.29) is 11.6 Å². The summed E-state index contributed by atoms with van der Waals surface area (Å²) in [5.41, 5.74) is -0.628. The molecule has 1 N–H and O–H groups in total. The molecule has 0 aliphatic carbocycles. The molecule has 0 unspecified atom stereocenters. The quantitative estimate of drug-likeness (QED) is 0.909. The van der Waals surface area contributed by atoms with Crippen LogP contribution in [0.4, 0.5) is 13.2 Å². The lowest BCUT2D eigenvalue weighted by Gasteiger charge is -2.09. The smallest absolute Gasteiger partial charge is 0.435 e. The van der Waals surface area contributed by atoms with E-state index < -0.39 is 11.9 Å². The van der Waals surface area contributed by atoms with Gasteiger partial charge in [-0.15, -0.1) is 10.2 Å². The van der Waals surface area contributed by atoms with Crippen LogP contribution in [0, 0.1) is 6.92 Å². The van der Waals surface area contributed by atoms with Gasteiger partial charge in [-0.3, -0.25) is 0 Å². The Kier molecular flexibility index (Phi) is 3.28. The molecule has 19 heavy (non-hydrogen) atoms. The Morgan fingerprint density at radius 1 is 1.11 bits per heavy atom. The number of nitrogens with zero attached hydrogens (tertiary/aromatic N) is 2. The van der Waals surface area contributed by atoms with Crippen molar-refractivity contribution in [3.05, 3.63) is 41.6 Å². The van der Waals surface area contributed by atoms with E-state index in [0.717, 1.165) is 12.1 Å². The van der Waals surface area contributed by atoms with Crippen LogP contribution in [0.3, 0.4) is 0 Å². The topological polar surface area (TPSA) is 55.2 Å². The van der Waals surface area contributed by atoms with Crippen LogP contribution in [0.15, 0.2) is 30.3 Å². The highest BCUT2D eigenvalue weighted by molar-refractivity contribution is 5.43. The molecular formula is C12H9F3N2O2. The van der Waals surface area contributed by atoms with E-state index in [1.165, 1.54) is 6.07 Å². The summed E-state index contributed by atoms with van der Waals surface area (Å²) in [5, 5.41) is 15.8. The van der Waals surface area contributed by atoms with Crippen LogP contribution in [0.1, 0.15) is 11.3 Å². The molecule has 0 saturated carbocycles. The normalized spacial score (nSPS) is 11.4. The number of halogens is 3. The molecule has 1 heterocycles. The number of phenols is 1. The van der Waals surface area contributed by atoms with E-state index >= 15 is 0 Å². The molecule has 0 amide bonds. The average molecular weight is 270 g/mol. The first-order chi connectivity index (χ1) is 8.88. The molecule has 4 nitrogen and oxygen atoms in total. The van der Waals surface area contributed by atoms with E-state index in [1.807, 2.05) is 0 Å². The molecule has 1 aromatic carbocycles. The van der Waals surface area contributed by atoms with Crippen molar-refractivity contribution < 1.29 is 23.0 Å². The second kappa shape index (κ2) is 4.75. The summed E-state index contributed by atoms with van der Waals surface area (Å²) in [5.74, 6) is 0.244. The van der Waals surface area contributed by atoms with Crippen LogP contribution in [-0.2, 0) is 6.18 Å². The van der Waals surface area contributed by atoms with Crippen molar-refractivity contribution in [3.63, 3.8) is 0 Å². The molecule has 2 rings (SSSR count). The number of aromatic hydroxyl groups is 1. The maximum atomic E-state index is 12.3. The van der Waals surface area contributed by atoms with Crippen molar-refractivity contribution in [2.75, 3.05) is 0 Å². The van der Waals surface area contributed by atoms with Gasteiger partial charge >= 0.3 is 6.18 Å².